The molecule has 19 heavy (non-hydrogen) atoms. The summed E-state index contributed by atoms with van der Waals surface area (Å²) in [5.74, 6) is 0.706. The van der Waals surface area contributed by atoms with Gasteiger partial charge in [0.15, 0.2) is 0 Å². The zero-order chi connectivity index (χ0) is 13.8. The Balaban J connectivity index is 2.38. The minimum Gasteiger partial charge on any atom is -0.495 e. The van der Waals surface area contributed by atoms with E-state index in [-0.39, 0.29) is 6.04 Å². The molecule has 2 nitrogen and oxygen atoms in total. The van der Waals surface area contributed by atoms with Gasteiger partial charge in [0, 0.05) is 4.88 Å². The fourth-order valence-electron chi connectivity index (χ4n) is 1.93. The number of hydrogen-bond donors (Lipinski definition) is 1. The van der Waals surface area contributed by atoms with E-state index in [1.54, 1.807) is 18.4 Å². The number of rotatable bonds is 5. The Morgan fingerprint density at radius 3 is 2.74 bits per heavy atom. The quantitative estimate of drug-likeness (QED) is 0.821. The van der Waals surface area contributed by atoms with Gasteiger partial charge in [-0.3, -0.25) is 0 Å². The molecule has 5 heteroatoms. The van der Waals surface area contributed by atoms with Gasteiger partial charge in [0.1, 0.15) is 5.75 Å². The smallest absolute Gasteiger partial charge is 0.137 e. The van der Waals surface area contributed by atoms with Crippen molar-refractivity contribution >= 4 is 38.9 Å². The summed E-state index contributed by atoms with van der Waals surface area (Å²) in [5.41, 5.74) is 1.15. The third-order valence-electron chi connectivity index (χ3n) is 2.80. The fourth-order valence-corrected chi connectivity index (χ4v) is 3.65. The molecule has 1 atom stereocenters. The topological polar surface area (TPSA) is 21.3 Å². The highest BCUT2D eigenvalue weighted by molar-refractivity contribution is 9.11. The molecular formula is C14H15BrClNOS. The number of hydrogen-bond acceptors (Lipinski definition) is 3. The molecule has 0 aliphatic heterocycles. The van der Waals surface area contributed by atoms with Crippen LogP contribution in [0, 0.1) is 0 Å². The lowest BCUT2D eigenvalue weighted by Crippen LogP contribution is -2.21. The molecule has 2 rings (SSSR count). The molecule has 1 heterocycles. The van der Waals surface area contributed by atoms with Crippen molar-refractivity contribution in [3.63, 3.8) is 0 Å². The lowest BCUT2D eigenvalue weighted by Gasteiger charge is -2.18. The van der Waals surface area contributed by atoms with Gasteiger partial charge in [-0.05, 0) is 52.3 Å². The summed E-state index contributed by atoms with van der Waals surface area (Å²) in [7, 11) is 1.63. The van der Waals surface area contributed by atoms with E-state index in [9.17, 15) is 0 Å². The van der Waals surface area contributed by atoms with Gasteiger partial charge in [0.2, 0.25) is 0 Å². The molecule has 0 bridgehead atoms. The summed E-state index contributed by atoms with van der Waals surface area (Å²) in [6.45, 7) is 2.99. The van der Waals surface area contributed by atoms with E-state index in [1.165, 1.54) is 4.88 Å². The minimum absolute atomic E-state index is 0.160. The molecule has 1 N–H and O–H groups in total. The normalized spacial score (nSPS) is 12.4. The first-order valence-corrected chi connectivity index (χ1v) is 7.96. The molecule has 0 spiro atoms. The van der Waals surface area contributed by atoms with Crippen LogP contribution in [0.3, 0.4) is 0 Å². The summed E-state index contributed by atoms with van der Waals surface area (Å²) < 4.78 is 6.42. The van der Waals surface area contributed by atoms with Gasteiger partial charge < -0.3 is 10.1 Å². The van der Waals surface area contributed by atoms with Crippen LogP contribution in [0.5, 0.6) is 5.75 Å². The zero-order valence-electron chi connectivity index (χ0n) is 10.7. The van der Waals surface area contributed by atoms with E-state index in [0.29, 0.717) is 10.8 Å². The molecular weight excluding hydrogens is 346 g/mol. The number of halogens is 2. The second-order valence-corrected chi connectivity index (χ2v) is 6.93. The summed E-state index contributed by atoms with van der Waals surface area (Å²) >= 11 is 11.3. The summed E-state index contributed by atoms with van der Waals surface area (Å²) in [5, 5.41) is 4.12. The maximum absolute atomic E-state index is 6.08. The van der Waals surface area contributed by atoms with Crippen LogP contribution in [0.4, 0.5) is 0 Å². The van der Waals surface area contributed by atoms with Crippen LogP contribution in [-0.4, -0.2) is 13.7 Å². The first-order valence-electron chi connectivity index (χ1n) is 5.97. The van der Waals surface area contributed by atoms with Crippen molar-refractivity contribution in [1.29, 1.82) is 0 Å². The zero-order valence-corrected chi connectivity index (χ0v) is 13.9. The molecule has 1 aromatic heterocycles. The lowest BCUT2D eigenvalue weighted by atomic mass is 10.0. The second-order valence-electron chi connectivity index (χ2n) is 4.03. The Bertz CT molecular complexity index is 558. The van der Waals surface area contributed by atoms with Gasteiger partial charge in [-0.1, -0.05) is 24.6 Å². The summed E-state index contributed by atoms with van der Waals surface area (Å²) in [6, 6.07) is 10.3. The molecule has 1 unspecified atom stereocenters. The highest BCUT2D eigenvalue weighted by Crippen LogP contribution is 2.34. The van der Waals surface area contributed by atoms with E-state index in [4.69, 9.17) is 16.3 Å². The molecule has 0 aliphatic carbocycles. The van der Waals surface area contributed by atoms with Crippen LogP contribution in [-0.2, 0) is 0 Å². The molecule has 102 valence electrons. The fraction of sp³-hybridized carbons (Fsp3) is 0.286. The second kappa shape index (κ2) is 6.75. The Hall–Kier alpha value is -0.550. The predicted octanol–water partition coefficient (Wildman–Crippen LogP) is 4.87. The van der Waals surface area contributed by atoms with Crippen LogP contribution in [0.1, 0.15) is 23.4 Å². The van der Waals surface area contributed by atoms with E-state index in [0.717, 1.165) is 15.9 Å². The van der Waals surface area contributed by atoms with Crippen molar-refractivity contribution in [3.8, 4) is 5.75 Å². The number of benzene rings is 1. The lowest BCUT2D eigenvalue weighted by molar-refractivity contribution is 0.414. The number of methoxy groups -OCH3 is 1. The molecule has 0 radical (unpaired) electrons. The number of ether oxygens (including phenoxy) is 1. The average molecular weight is 361 g/mol. The van der Waals surface area contributed by atoms with Gasteiger partial charge in [0.05, 0.1) is 22.0 Å². The van der Waals surface area contributed by atoms with Gasteiger partial charge in [-0.2, -0.15) is 0 Å². The number of thiophene rings is 1. The van der Waals surface area contributed by atoms with E-state index in [2.05, 4.69) is 40.3 Å². The molecule has 0 saturated heterocycles. The van der Waals surface area contributed by atoms with E-state index < -0.39 is 0 Å². The van der Waals surface area contributed by atoms with Crippen molar-refractivity contribution in [2.75, 3.05) is 13.7 Å². The standard InChI is InChI=1S/C14H15BrClNOS/c1-3-17-14(12-6-7-13(15)19-12)9-4-5-10(16)11(8-9)18-2/h4-8,14,17H,3H2,1-2H3. The van der Waals surface area contributed by atoms with Crippen molar-refractivity contribution in [3.05, 3.63) is 49.6 Å². The van der Waals surface area contributed by atoms with Crippen molar-refractivity contribution < 1.29 is 4.74 Å². The largest absolute Gasteiger partial charge is 0.495 e. The van der Waals surface area contributed by atoms with Crippen LogP contribution in [0.2, 0.25) is 5.02 Å². The molecule has 0 saturated carbocycles. The Labute approximate surface area is 130 Å². The summed E-state index contributed by atoms with van der Waals surface area (Å²) in [6.07, 6.45) is 0. The number of nitrogens with one attached hydrogen (secondary N) is 1. The maximum Gasteiger partial charge on any atom is 0.137 e. The molecule has 1 aromatic carbocycles. The molecule has 0 amide bonds. The highest BCUT2D eigenvalue weighted by atomic mass is 79.9. The highest BCUT2D eigenvalue weighted by Gasteiger charge is 2.16. The van der Waals surface area contributed by atoms with Gasteiger partial charge >= 0.3 is 0 Å². The average Bonchev–Trinajstić information content (AvgIpc) is 2.83. The van der Waals surface area contributed by atoms with E-state index in [1.807, 2.05) is 18.2 Å². The van der Waals surface area contributed by atoms with Crippen LogP contribution in [0.15, 0.2) is 34.1 Å². The van der Waals surface area contributed by atoms with Crippen molar-refractivity contribution in [2.45, 2.75) is 13.0 Å². The van der Waals surface area contributed by atoms with Crippen LogP contribution in [0.25, 0.3) is 0 Å². The Morgan fingerprint density at radius 1 is 1.37 bits per heavy atom. The predicted molar refractivity (Wildman–Crippen MR) is 85.5 cm³/mol. The van der Waals surface area contributed by atoms with Crippen LogP contribution < -0.4 is 10.1 Å². The minimum atomic E-state index is 0.160. The van der Waals surface area contributed by atoms with Gasteiger partial charge in [0.25, 0.3) is 0 Å². The molecule has 2 aromatic rings. The van der Waals surface area contributed by atoms with Gasteiger partial charge in [-0.15, -0.1) is 11.3 Å². The molecule has 0 aliphatic rings. The SMILES string of the molecule is CCNC(c1ccc(Cl)c(OC)c1)c1ccc(Br)s1. The first-order chi connectivity index (χ1) is 9.15. The summed E-state index contributed by atoms with van der Waals surface area (Å²) in [4.78, 5) is 1.26. The Morgan fingerprint density at radius 2 is 2.16 bits per heavy atom. The Kier molecular flexibility index (Phi) is 5.28. The maximum atomic E-state index is 6.08. The van der Waals surface area contributed by atoms with Gasteiger partial charge in [-0.25, -0.2) is 0 Å². The van der Waals surface area contributed by atoms with Crippen molar-refractivity contribution in [2.24, 2.45) is 0 Å². The third kappa shape index (κ3) is 3.51. The van der Waals surface area contributed by atoms with Crippen molar-refractivity contribution in [1.82, 2.24) is 5.32 Å². The third-order valence-corrected chi connectivity index (χ3v) is 4.80. The monoisotopic (exact) mass is 359 g/mol. The molecule has 0 fully saturated rings. The first kappa shape index (κ1) is 14.9. The van der Waals surface area contributed by atoms with E-state index >= 15 is 0 Å². The van der Waals surface area contributed by atoms with Crippen LogP contribution >= 0.6 is 38.9 Å².